The molecule has 2 aromatic carbocycles. The molecule has 0 radical (unpaired) electrons. The van der Waals surface area contributed by atoms with E-state index in [1.165, 1.54) is 45.2 Å². The van der Waals surface area contributed by atoms with Crippen molar-refractivity contribution in [3.8, 4) is 5.75 Å². The molecule has 0 saturated heterocycles. The Balaban J connectivity index is 2.38. The quantitative estimate of drug-likeness (QED) is 0.557. The van der Waals surface area contributed by atoms with Gasteiger partial charge in [0.15, 0.2) is 0 Å². The van der Waals surface area contributed by atoms with Gasteiger partial charge in [-0.1, -0.05) is 12.1 Å². The fourth-order valence-electron chi connectivity index (χ4n) is 2.75. The number of nitro benzene ring substituents is 1. The van der Waals surface area contributed by atoms with Crippen LogP contribution in [0.4, 0.5) is 17.1 Å². The van der Waals surface area contributed by atoms with Gasteiger partial charge in [0.05, 0.1) is 35.2 Å². The van der Waals surface area contributed by atoms with Gasteiger partial charge in [-0.05, 0) is 32.0 Å². The maximum atomic E-state index is 12.7. The van der Waals surface area contributed by atoms with E-state index in [2.05, 4.69) is 5.32 Å². The SMILES string of the molecule is COc1cccc(N([C@@H](C)C(=O)Nc2cccc([N+](=O)[O-])c2C)S(C)(=O)=O)c1. The number of sulfonamides is 1. The van der Waals surface area contributed by atoms with Crippen molar-refractivity contribution in [1.29, 1.82) is 0 Å². The number of amides is 1. The minimum atomic E-state index is -3.80. The summed E-state index contributed by atoms with van der Waals surface area (Å²) in [5.41, 5.74) is 0.643. The highest BCUT2D eigenvalue weighted by atomic mass is 32.2. The molecule has 0 unspecified atom stereocenters. The van der Waals surface area contributed by atoms with E-state index in [1.54, 1.807) is 18.2 Å². The number of nitrogens with zero attached hydrogens (tertiary/aromatic N) is 2. The van der Waals surface area contributed by atoms with E-state index in [9.17, 15) is 23.3 Å². The Morgan fingerprint density at radius 2 is 1.89 bits per heavy atom. The Labute approximate surface area is 163 Å². The summed E-state index contributed by atoms with van der Waals surface area (Å²) < 4.78 is 30.8. The van der Waals surface area contributed by atoms with Crippen LogP contribution in [-0.2, 0) is 14.8 Å². The number of carbonyl (C=O) groups is 1. The van der Waals surface area contributed by atoms with Crippen molar-refractivity contribution in [2.75, 3.05) is 23.0 Å². The third-order valence-electron chi connectivity index (χ3n) is 4.16. The van der Waals surface area contributed by atoms with E-state index in [0.29, 0.717) is 5.75 Å². The lowest BCUT2D eigenvalue weighted by molar-refractivity contribution is -0.385. The molecule has 1 atom stereocenters. The Morgan fingerprint density at radius 1 is 1.25 bits per heavy atom. The number of carbonyl (C=O) groups excluding carboxylic acids is 1. The minimum absolute atomic E-state index is 0.141. The zero-order valence-electron chi connectivity index (χ0n) is 15.9. The summed E-state index contributed by atoms with van der Waals surface area (Å²) in [7, 11) is -2.35. The zero-order valence-corrected chi connectivity index (χ0v) is 16.7. The molecule has 0 aliphatic carbocycles. The van der Waals surface area contributed by atoms with Gasteiger partial charge in [0.1, 0.15) is 11.8 Å². The first-order valence-electron chi connectivity index (χ1n) is 8.24. The van der Waals surface area contributed by atoms with Crippen LogP contribution in [0.5, 0.6) is 5.75 Å². The summed E-state index contributed by atoms with van der Waals surface area (Å²) in [5, 5.41) is 13.6. The lowest BCUT2D eigenvalue weighted by Gasteiger charge is -2.28. The summed E-state index contributed by atoms with van der Waals surface area (Å²) in [6, 6.07) is 9.50. The van der Waals surface area contributed by atoms with Crippen molar-refractivity contribution < 1.29 is 22.9 Å². The van der Waals surface area contributed by atoms with Crippen molar-refractivity contribution in [2.45, 2.75) is 19.9 Å². The van der Waals surface area contributed by atoms with Gasteiger partial charge < -0.3 is 10.1 Å². The molecule has 0 bridgehead atoms. The molecule has 1 N–H and O–H groups in total. The van der Waals surface area contributed by atoms with E-state index in [0.717, 1.165) is 10.6 Å². The normalized spacial score (nSPS) is 12.1. The van der Waals surface area contributed by atoms with Crippen LogP contribution >= 0.6 is 0 Å². The number of benzene rings is 2. The lowest BCUT2D eigenvalue weighted by atomic mass is 10.1. The molecule has 0 saturated carbocycles. The Morgan fingerprint density at radius 3 is 2.46 bits per heavy atom. The van der Waals surface area contributed by atoms with Gasteiger partial charge in [0.25, 0.3) is 5.69 Å². The van der Waals surface area contributed by atoms with E-state index in [1.807, 2.05) is 0 Å². The first-order valence-corrected chi connectivity index (χ1v) is 10.1. The summed E-state index contributed by atoms with van der Waals surface area (Å²) in [6.45, 7) is 2.94. The fraction of sp³-hybridized carbons (Fsp3) is 0.278. The molecule has 10 heteroatoms. The molecule has 0 aromatic heterocycles. The van der Waals surface area contributed by atoms with Crippen LogP contribution in [-0.4, -0.2) is 38.7 Å². The fourth-order valence-corrected chi connectivity index (χ4v) is 3.92. The highest BCUT2D eigenvalue weighted by Gasteiger charge is 2.30. The monoisotopic (exact) mass is 407 g/mol. The van der Waals surface area contributed by atoms with Crippen LogP contribution in [0, 0.1) is 17.0 Å². The largest absolute Gasteiger partial charge is 0.497 e. The number of rotatable bonds is 7. The zero-order chi connectivity index (χ0) is 21.1. The van der Waals surface area contributed by atoms with E-state index >= 15 is 0 Å². The number of methoxy groups -OCH3 is 1. The number of nitrogens with one attached hydrogen (secondary N) is 1. The molecule has 2 rings (SSSR count). The number of anilines is 2. The van der Waals surface area contributed by atoms with Gasteiger partial charge in [-0.2, -0.15) is 0 Å². The van der Waals surface area contributed by atoms with Crippen molar-refractivity contribution in [3.63, 3.8) is 0 Å². The Hall–Kier alpha value is -3.14. The van der Waals surface area contributed by atoms with Crippen LogP contribution in [0.1, 0.15) is 12.5 Å². The highest BCUT2D eigenvalue weighted by molar-refractivity contribution is 7.92. The predicted octanol–water partition coefficient (Wildman–Crippen LogP) is 2.71. The second-order valence-electron chi connectivity index (χ2n) is 6.13. The van der Waals surface area contributed by atoms with Gasteiger partial charge >= 0.3 is 0 Å². The molecule has 0 aliphatic heterocycles. The standard InChI is InChI=1S/C18H21N3O6S/c1-12-16(9-6-10-17(12)21(23)24)19-18(22)13(2)20(28(4,25)26)14-7-5-8-15(11-14)27-3/h5-11,13H,1-4H3,(H,19,22)/t13-/m0/s1. The molecule has 150 valence electrons. The number of ether oxygens (including phenoxy) is 1. The molecule has 1 amide bonds. The predicted molar refractivity (Wildman–Crippen MR) is 106 cm³/mol. The topological polar surface area (TPSA) is 119 Å². The second-order valence-corrected chi connectivity index (χ2v) is 7.99. The molecule has 0 heterocycles. The number of hydrogen-bond donors (Lipinski definition) is 1. The molecule has 9 nitrogen and oxygen atoms in total. The highest BCUT2D eigenvalue weighted by Crippen LogP contribution is 2.28. The summed E-state index contributed by atoms with van der Waals surface area (Å²) in [5.74, 6) is -0.190. The average molecular weight is 407 g/mol. The molecular formula is C18H21N3O6S. The minimum Gasteiger partial charge on any atom is -0.497 e. The Kier molecular flexibility index (Phi) is 6.24. The van der Waals surface area contributed by atoms with Crippen molar-refractivity contribution in [1.82, 2.24) is 0 Å². The Bertz CT molecular complexity index is 1010. The third kappa shape index (κ3) is 4.58. The summed E-state index contributed by atoms with van der Waals surface area (Å²) in [6.07, 6.45) is 0.995. The van der Waals surface area contributed by atoms with Gasteiger partial charge in [-0.3, -0.25) is 19.2 Å². The summed E-state index contributed by atoms with van der Waals surface area (Å²) in [4.78, 5) is 23.3. The molecule has 0 spiro atoms. The maximum absolute atomic E-state index is 12.7. The first-order chi connectivity index (χ1) is 13.1. The van der Waals surface area contributed by atoms with Crippen LogP contribution in [0.25, 0.3) is 0 Å². The van der Waals surface area contributed by atoms with Crippen molar-refractivity contribution in [2.24, 2.45) is 0 Å². The van der Waals surface area contributed by atoms with E-state index in [4.69, 9.17) is 4.74 Å². The van der Waals surface area contributed by atoms with Crippen LogP contribution < -0.4 is 14.4 Å². The smallest absolute Gasteiger partial charge is 0.274 e. The van der Waals surface area contributed by atoms with E-state index in [-0.39, 0.29) is 22.6 Å². The van der Waals surface area contributed by atoms with Crippen molar-refractivity contribution >= 4 is 33.0 Å². The number of nitro groups is 1. The molecular weight excluding hydrogens is 386 g/mol. The van der Waals surface area contributed by atoms with E-state index < -0.39 is 26.9 Å². The maximum Gasteiger partial charge on any atom is 0.274 e. The average Bonchev–Trinajstić information content (AvgIpc) is 2.62. The van der Waals surface area contributed by atoms with Crippen molar-refractivity contribution in [3.05, 3.63) is 58.1 Å². The van der Waals surface area contributed by atoms with Gasteiger partial charge in [0, 0.05) is 12.1 Å². The number of hydrogen-bond acceptors (Lipinski definition) is 6. The first kappa shape index (κ1) is 21.2. The van der Waals surface area contributed by atoms with Crippen LogP contribution in [0.3, 0.4) is 0 Å². The van der Waals surface area contributed by atoms with Crippen LogP contribution in [0.2, 0.25) is 0 Å². The lowest BCUT2D eigenvalue weighted by Crippen LogP contribution is -2.45. The molecule has 2 aromatic rings. The second kappa shape index (κ2) is 8.26. The van der Waals surface area contributed by atoms with Gasteiger partial charge in [-0.25, -0.2) is 8.42 Å². The molecule has 28 heavy (non-hydrogen) atoms. The molecule has 0 fully saturated rings. The summed E-state index contributed by atoms with van der Waals surface area (Å²) >= 11 is 0. The van der Waals surface area contributed by atoms with Gasteiger partial charge in [-0.15, -0.1) is 0 Å². The van der Waals surface area contributed by atoms with Crippen LogP contribution in [0.15, 0.2) is 42.5 Å². The molecule has 0 aliphatic rings. The van der Waals surface area contributed by atoms with Gasteiger partial charge in [0.2, 0.25) is 15.9 Å². The third-order valence-corrected chi connectivity index (χ3v) is 5.40.